The molecule has 26 heavy (non-hydrogen) atoms. The van der Waals surface area contributed by atoms with E-state index < -0.39 is 6.04 Å². The Hall–Kier alpha value is -2.41. The van der Waals surface area contributed by atoms with E-state index in [-0.39, 0.29) is 11.8 Å². The van der Waals surface area contributed by atoms with Crippen LogP contribution in [0.5, 0.6) is 0 Å². The average molecular weight is 372 g/mol. The highest BCUT2D eigenvalue weighted by molar-refractivity contribution is 7.13. The number of anilines is 1. The predicted molar refractivity (Wildman–Crippen MR) is 103 cm³/mol. The number of hydrogen-bond donors (Lipinski definition) is 1. The number of carbonyl (C=O) groups excluding carboxylic acids is 2. The summed E-state index contributed by atoms with van der Waals surface area (Å²) in [6.45, 7) is 1.00. The highest BCUT2D eigenvalue weighted by Gasteiger charge is 2.32. The molecule has 1 aromatic heterocycles. The van der Waals surface area contributed by atoms with Crippen LogP contribution in [0, 0.1) is 0 Å². The lowest BCUT2D eigenvalue weighted by Gasteiger charge is -2.34. The minimum Gasteiger partial charge on any atom is -0.354 e. The van der Waals surface area contributed by atoms with Crippen LogP contribution in [-0.2, 0) is 11.3 Å². The number of aromatic nitrogens is 1. The molecule has 2 aromatic rings. The van der Waals surface area contributed by atoms with Gasteiger partial charge in [-0.1, -0.05) is 18.2 Å². The second kappa shape index (κ2) is 8.31. The molecule has 2 amide bonds. The van der Waals surface area contributed by atoms with Crippen molar-refractivity contribution in [3.05, 3.63) is 47.0 Å². The van der Waals surface area contributed by atoms with Crippen molar-refractivity contribution in [1.82, 2.24) is 15.2 Å². The Morgan fingerprint density at radius 3 is 2.73 bits per heavy atom. The van der Waals surface area contributed by atoms with Gasteiger partial charge in [0.1, 0.15) is 6.04 Å². The van der Waals surface area contributed by atoms with Crippen LogP contribution in [0.15, 0.2) is 35.7 Å². The van der Waals surface area contributed by atoms with E-state index in [9.17, 15) is 9.59 Å². The Morgan fingerprint density at radius 2 is 2.04 bits per heavy atom. The number of rotatable bonds is 5. The Morgan fingerprint density at radius 1 is 1.27 bits per heavy atom. The molecule has 138 valence electrons. The lowest BCUT2D eigenvalue weighted by molar-refractivity contribution is -0.126. The number of nitrogens with zero attached hydrogens (tertiary/aromatic N) is 3. The molecule has 0 spiro atoms. The molecule has 1 atom stereocenters. The molecule has 3 rings (SSSR count). The van der Waals surface area contributed by atoms with E-state index in [1.54, 1.807) is 28.4 Å². The molecule has 1 unspecified atom stereocenters. The van der Waals surface area contributed by atoms with E-state index in [0.29, 0.717) is 25.1 Å². The highest BCUT2D eigenvalue weighted by atomic mass is 32.1. The first-order chi connectivity index (χ1) is 12.6. The van der Waals surface area contributed by atoms with Crippen LogP contribution < -0.4 is 10.2 Å². The van der Waals surface area contributed by atoms with Crippen LogP contribution in [0.25, 0.3) is 0 Å². The summed E-state index contributed by atoms with van der Waals surface area (Å²) in [5, 5.41) is 5.81. The van der Waals surface area contributed by atoms with Crippen molar-refractivity contribution in [3.63, 3.8) is 0 Å². The second-order valence-corrected chi connectivity index (χ2v) is 7.45. The van der Waals surface area contributed by atoms with Gasteiger partial charge in [0.2, 0.25) is 5.91 Å². The summed E-state index contributed by atoms with van der Waals surface area (Å²) in [5.41, 5.74) is 1.46. The Kier molecular flexibility index (Phi) is 5.88. The van der Waals surface area contributed by atoms with Crippen molar-refractivity contribution in [3.8, 4) is 0 Å². The van der Waals surface area contributed by atoms with Gasteiger partial charge in [-0.15, -0.1) is 11.3 Å². The van der Waals surface area contributed by atoms with Crippen molar-refractivity contribution < 1.29 is 9.59 Å². The first kappa shape index (κ1) is 18.4. The lowest BCUT2D eigenvalue weighted by atomic mass is 10.00. The maximum absolute atomic E-state index is 12.8. The molecule has 1 N–H and O–H groups in total. The third-order valence-corrected chi connectivity index (χ3v) is 5.51. The van der Waals surface area contributed by atoms with Gasteiger partial charge in [-0.2, -0.15) is 0 Å². The van der Waals surface area contributed by atoms with Gasteiger partial charge in [0.25, 0.3) is 5.91 Å². The fourth-order valence-corrected chi connectivity index (χ4v) is 3.83. The van der Waals surface area contributed by atoms with Crippen LogP contribution in [0.2, 0.25) is 0 Å². The predicted octanol–water partition coefficient (Wildman–Crippen LogP) is 2.52. The number of hydrogen-bond acceptors (Lipinski definition) is 5. The van der Waals surface area contributed by atoms with Crippen molar-refractivity contribution in [2.45, 2.75) is 31.8 Å². The first-order valence-corrected chi connectivity index (χ1v) is 9.69. The molecule has 0 bridgehead atoms. The van der Waals surface area contributed by atoms with E-state index in [1.807, 2.05) is 42.6 Å². The van der Waals surface area contributed by atoms with Crippen molar-refractivity contribution in [2.24, 2.45) is 0 Å². The normalized spacial score (nSPS) is 17.0. The van der Waals surface area contributed by atoms with E-state index >= 15 is 0 Å². The summed E-state index contributed by atoms with van der Waals surface area (Å²) in [7, 11) is 3.88. The van der Waals surface area contributed by atoms with Crippen LogP contribution >= 0.6 is 11.3 Å². The molecule has 1 fully saturated rings. The molecule has 1 aromatic carbocycles. The summed E-state index contributed by atoms with van der Waals surface area (Å²) in [6, 6.07) is 8.75. The maximum atomic E-state index is 12.8. The highest BCUT2D eigenvalue weighted by Crippen LogP contribution is 2.21. The zero-order chi connectivity index (χ0) is 18.5. The smallest absolute Gasteiger partial charge is 0.254 e. The molecular formula is C19H24N4O2S. The fourth-order valence-electron chi connectivity index (χ4n) is 3.07. The topological polar surface area (TPSA) is 65.5 Å². The molecular weight excluding hydrogens is 348 g/mol. The lowest BCUT2D eigenvalue weighted by Crippen LogP contribution is -2.51. The molecule has 0 saturated carbocycles. The van der Waals surface area contributed by atoms with Crippen molar-refractivity contribution in [2.75, 3.05) is 25.5 Å². The van der Waals surface area contributed by atoms with Crippen LogP contribution in [0.4, 0.5) is 5.13 Å². The molecule has 6 nitrogen and oxygen atoms in total. The molecule has 2 heterocycles. The van der Waals surface area contributed by atoms with Gasteiger partial charge in [-0.3, -0.25) is 9.59 Å². The van der Waals surface area contributed by atoms with Crippen molar-refractivity contribution in [1.29, 1.82) is 0 Å². The first-order valence-electron chi connectivity index (χ1n) is 8.81. The quantitative estimate of drug-likeness (QED) is 0.876. The summed E-state index contributed by atoms with van der Waals surface area (Å²) in [4.78, 5) is 33.6. The number of nitrogens with one attached hydrogen (secondary N) is 1. The number of amides is 2. The van der Waals surface area contributed by atoms with Gasteiger partial charge in [0.15, 0.2) is 5.13 Å². The van der Waals surface area contributed by atoms with Gasteiger partial charge in [0, 0.05) is 31.6 Å². The Labute approximate surface area is 157 Å². The molecule has 1 saturated heterocycles. The van der Waals surface area contributed by atoms with E-state index in [2.05, 4.69) is 10.3 Å². The van der Waals surface area contributed by atoms with Gasteiger partial charge >= 0.3 is 0 Å². The zero-order valence-corrected chi connectivity index (χ0v) is 16.0. The van der Waals surface area contributed by atoms with Crippen molar-refractivity contribution >= 4 is 28.3 Å². The molecule has 0 aliphatic carbocycles. The molecule has 7 heteroatoms. The van der Waals surface area contributed by atoms with Gasteiger partial charge in [0.05, 0.1) is 12.2 Å². The third kappa shape index (κ3) is 4.22. The summed E-state index contributed by atoms with van der Waals surface area (Å²) in [6.07, 6.45) is 2.59. The van der Waals surface area contributed by atoms with Crippen LogP contribution in [0.3, 0.4) is 0 Å². The average Bonchev–Trinajstić information content (AvgIpc) is 3.15. The van der Waals surface area contributed by atoms with Crippen LogP contribution in [-0.4, -0.2) is 48.4 Å². The fraction of sp³-hybridized carbons (Fsp3) is 0.421. The summed E-state index contributed by atoms with van der Waals surface area (Å²) in [5.74, 6) is -0.178. The Balaban J connectivity index is 1.64. The standard InChI is InChI=1S/C19H24N4O2S/c1-22(2)19-21-15(13-26-19)12-20-17(24)16-10-6-7-11-23(16)18(25)14-8-4-3-5-9-14/h3-5,8-9,13,16H,6-7,10-12H2,1-2H3,(H,20,24). The van der Waals surface area contributed by atoms with E-state index in [1.165, 1.54) is 0 Å². The second-order valence-electron chi connectivity index (χ2n) is 6.61. The maximum Gasteiger partial charge on any atom is 0.254 e. The minimum atomic E-state index is -0.414. The molecule has 0 radical (unpaired) electrons. The van der Waals surface area contributed by atoms with Crippen LogP contribution in [0.1, 0.15) is 35.3 Å². The summed E-state index contributed by atoms with van der Waals surface area (Å²) >= 11 is 1.55. The number of piperidine rings is 1. The number of thiazole rings is 1. The van der Waals surface area contributed by atoms with Gasteiger partial charge < -0.3 is 15.1 Å². The summed E-state index contributed by atoms with van der Waals surface area (Å²) < 4.78 is 0. The number of carbonyl (C=O) groups is 2. The molecule has 1 aliphatic heterocycles. The SMILES string of the molecule is CN(C)c1nc(CNC(=O)C2CCCCN2C(=O)c2ccccc2)cs1. The monoisotopic (exact) mass is 372 g/mol. The van der Waals surface area contributed by atoms with E-state index in [4.69, 9.17) is 0 Å². The number of benzene rings is 1. The largest absolute Gasteiger partial charge is 0.354 e. The Bertz CT molecular complexity index is 760. The van der Waals surface area contributed by atoms with Gasteiger partial charge in [-0.05, 0) is 31.4 Å². The molecule has 1 aliphatic rings. The zero-order valence-electron chi connectivity index (χ0n) is 15.1. The number of likely N-dealkylation sites (tertiary alicyclic amines) is 1. The van der Waals surface area contributed by atoms with Gasteiger partial charge in [-0.25, -0.2) is 4.98 Å². The minimum absolute atomic E-state index is 0.0750. The van der Waals surface area contributed by atoms with E-state index in [0.717, 1.165) is 23.7 Å². The third-order valence-electron chi connectivity index (χ3n) is 4.45.